The zero-order valence-corrected chi connectivity index (χ0v) is 11.1. The van der Waals surface area contributed by atoms with Crippen molar-refractivity contribution in [3.63, 3.8) is 0 Å². The van der Waals surface area contributed by atoms with Gasteiger partial charge in [0.1, 0.15) is 5.82 Å². The Balaban J connectivity index is 1.75. The number of piperazine rings is 1. The summed E-state index contributed by atoms with van der Waals surface area (Å²) in [6.07, 6.45) is 2.64. The highest BCUT2D eigenvalue weighted by atomic mass is 35.5. The summed E-state index contributed by atoms with van der Waals surface area (Å²) >= 11 is 5.84. The van der Waals surface area contributed by atoms with Gasteiger partial charge in [0.2, 0.25) is 0 Å². The Morgan fingerprint density at radius 1 is 1.39 bits per heavy atom. The van der Waals surface area contributed by atoms with Crippen molar-refractivity contribution in [3.8, 4) is 0 Å². The maximum Gasteiger partial charge on any atom is 0.146 e. The van der Waals surface area contributed by atoms with E-state index in [2.05, 4.69) is 10.2 Å². The molecule has 1 N–H and O–H groups in total. The van der Waals surface area contributed by atoms with E-state index >= 15 is 0 Å². The predicted molar refractivity (Wildman–Crippen MR) is 71.2 cm³/mol. The minimum absolute atomic E-state index is 0.227. The van der Waals surface area contributed by atoms with E-state index in [0.29, 0.717) is 12.6 Å². The molecular weight excluding hydrogens is 251 g/mol. The van der Waals surface area contributed by atoms with Crippen LogP contribution in [0.1, 0.15) is 18.4 Å². The fourth-order valence-electron chi connectivity index (χ4n) is 2.80. The topological polar surface area (TPSA) is 15.3 Å². The van der Waals surface area contributed by atoms with Gasteiger partial charge in [0.25, 0.3) is 0 Å². The average Bonchev–Trinajstić information content (AvgIpc) is 3.20. The molecule has 1 unspecified atom stereocenters. The number of halogens is 2. The first-order valence-corrected chi connectivity index (χ1v) is 7.01. The van der Waals surface area contributed by atoms with Gasteiger partial charge in [0.05, 0.1) is 5.02 Å². The quantitative estimate of drug-likeness (QED) is 0.907. The second-order valence-corrected chi connectivity index (χ2v) is 5.70. The van der Waals surface area contributed by atoms with Gasteiger partial charge in [-0.3, -0.25) is 4.90 Å². The van der Waals surface area contributed by atoms with Gasteiger partial charge >= 0.3 is 0 Å². The van der Waals surface area contributed by atoms with Crippen LogP contribution < -0.4 is 5.32 Å². The molecule has 1 aliphatic heterocycles. The van der Waals surface area contributed by atoms with Crippen LogP contribution in [0.3, 0.4) is 0 Å². The fraction of sp³-hybridized carbons (Fsp3) is 0.571. The van der Waals surface area contributed by atoms with Crippen molar-refractivity contribution in [1.82, 2.24) is 10.2 Å². The molecular formula is C14H18ClFN2. The molecule has 3 rings (SSSR count). The van der Waals surface area contributed by atoms with E-state index in [4.69, 9.17) is 11.6 Å². The Morgan fingerprint density at radius 2 is 2.22 bits per heavy atom. The van der Waals surface area contributed by atoms with Crippen molar-refractivity contribution in [3.05, 3.63) is 34.6 Å². The minimum atomic E-state index is -0.257. The van der Waals surface area contributed by atoms with E-state index in [1.165, 1.54) is 12.8 Å². The van der Waals surface area contributed by atoms with Crippen molar-refractivity contribution >= 4 is 11.6 Å². The van der Waals surface area contributed by atoms with Gasteiger partial charge in [-0.25, -0.2) is 4.39 Å². The maximum atomic E-state index is 13.9. The summed E-state index contributed by atoms with van der Waals surface area (Å²) in [5.74, 6) is 0.548. The zero-order chi connectivity index (χ0) is 12.5. The standard InChI is InChI=1S/C14H18ClFN2/c15-12-3-1-2-11(14(12)16)9-18-7-6-17-8-13(18)10-4-5-10/h1-3,10,13,17H,4-9H2. The molecule has 1 saturated carbocycles. The molecule has 0 aromatic heterocycles. The van der Waals surface area contributed by atoms with Crippen molar-refractivity contribution in [2.75, 3.05) is 19.6 Å². The van der Waals surface area contributed by atoms with E-state index in [1.807, 2.05) is 12.1 Å². The first kappa shape index (κ1) is 12.4. The molecule has 0 amide bonds. The van der Waals surface area contributed by atoms with E-state index in [-0.39, 0.29) is 10.8 Å². The maximum absolute atomic E-state index is 13.9. The molecule has 18 heavy (non-hydrogen) atoms. The zero-order valence-electron chi connectivity index (χ0n) is 10.3. The van der Waals surface area contributed by atoms with Crippen LogP contribution in [-0.2, 0) is 6.54 Å². The van der Waals surface area contributed by atoms with Gasteiger partial charge in [0.15, 0.2) is 0 Å². The summed E-state index contributed by atoms with van der Waals surface area (Å²) in [6.45, 7) is 3.70. The third-order valence-corrected chi connectivity index (χ3v) is 4.26. The molecule has 2 fully saturated rings. The smallest absolute Gasteiger partial charge is 0.146 e. The normalized spacial score (nSPS) is 25.3. The number of hydrogen-bond acceptors (Lipinski definition) is 2. The Morgan fingerprint density at radius 3 is 3.00 bits per heavy atom. The molecule has 2 nitrogen and oxygen atoms in total. The van der Waals surface area contributed by atoms with Crippen LogP contribution in [0, 0.1) is 11.7 Å². The molecule has 1 aliphatic carbocycles. The third kappa shape index (κ3) is 2.53. The Hall–Kier alpha value is -0.640. The number of nitrogens with zero attached hydrogens (tertiary/aromatic N) is 1. The predicted octanol–water partition coefficient (Wildman–Crippen LogP) is 2.66. The van der Waals surface area contributed by atoms with E-state index in [1.54, 1.807) is 6.07 Å². The van der Waals surface area contributed by atoms with Crippen LogP contribution in [-0.4, -0.2) is 30.6 Å². The first-order chi connectivity index (χ1) is 8.75. The lowest BCUT2D eigenvalue weighted by molar-refractivity contribution is 0.134. The average molecular weight is 269 g/mol. The molecule has 1 aromatic rings. The second-order valence-electron chi connectivity index (χ2n) is 5.29. The molecule has 0 bridgehead atoms. The van der Waals surface area contributed by atoms with Crippen molar-refractivity contribution in [1.29, 1.82) is 0 Å². The van der Waals surface area contributed by atoms with Crippen LogP contribution >= 0.6 is 11.6 Å². The molecule has 2 aliphatic rings. The second kappa shape index (κ2) is 5.16. The molecule has 1 aromatic carbocycles. The summed E-state index contributed by atoms with van der Waals surface area (Å²) in [5.41, 5.74) is 0.718. The van der Waals surface area contributed by atoms with Crippen LogP contribution in [0.2, 0.25) is 5.02 Å². The van der Waals surface area contributed by atoms with Crippen LogP contribution in [0.5, 0.6) is 0 Å². The summed E-state index contributed by atoms with van der Waals surface area (Å²) < 4.78 is 13.9. The van der Waals surface area contributed by atoms with Crippen molar-refractivity contribution in [2.45, 2.75) is 25.4 Å². The van der Waals surface area contributed by atoms with Crippen molar-refractivity contribution in [2.24, 2.45) is 5.92 Å². The van der Waals surface area contributed by atoms with Crippen LogP contribution in [0.25, 0.3) is 0 Å². The largest absolute Gasteiger partial charge is 0.314 e. The minimum Gasteiger partial charge on any atom is -0.314 e. The molecule has 1 atom stereocenters. The van der Waals surface area contributed by atoms with Crippen molar-refractivity contribution < 1.29 is 4.39 Å². The lowest BCUT2D eigenvalue weighted by Crippen LogP contribution is -2.51. The number of rotatable bonds is 3. The molecule has 1 heterocycles. The fourth-order valence-corrected chi connectivity index (χ4v) is 2.99. The number of nitrogens with one attached hydrogen (secondary N) is 1. The summed E-state index contributed by atoms with van der Waals surface area (Å²) in [5, 5.41) is 3.66. The van der Waals surface area contributed by atoms with Gasteiger partial charge < -0.3 is 5.32 Å². The highest BCUT2D eigenvalue weighted by molar-refractivity contribution is 6.30. The molecule has 4 heteroatoms. The van der Waals surface area contributed by atoms with Crippen LogP contribution in [0.15, 0.2) is 18.2 Å². The SMILES string of the molecule is Fc1c(Cl)cccc1CN1CCNCC1C1CC1. The number of benzene rings is 1. The highest BCUT2D eigenvalue weighted by Crippen LogP contribution is 2.36. The summed E-state index contributed by atoms with van der Waals surface area (Å²) in [4.78, 5) is 2.41. The monoisotopic (exact) mass is 268 g/mol. The van der Waals surface area contributed by atoms with Gasteiger partial charge in [-0.1, -0.05) is 23.7 Å². The Labute approximate surface area is 112 Å². The van der Waals surface area contributed by atoms with E-state index in [9.17, 15) is 4.39 Å². The van der Waals surface area contributed by atoms with E-state index in [0.717, 1.165) is 31.1 Å². The van der Waals surface area contributed by atoms with Gasteiger partial charge in [-0.15, -0.1) is 0 Å². The first-order valence-electron chi connectivity index (χ1n) is 6.63. The molecule has 98 valence electrons. The lowest BCUT2D eigenvalue weighted by atomic mass is 10.1. The van der Waals surface area contributed by atoms with Gasteiger partial charge in [-0.05, 0) is 24.8 Å². The Kier molecular flexibility index (Phi) is 3.55. The summed E-state index contributed by atoms with van der Waals surface area (Å²) in [7, 11) is 0. The molecule has 1 saturated heterocycles. The summed E-state index contributed by atoms with van der Waals surface area (Å²) in [6, 6.07) is 5.84. The Bertz CT molecular complexity index is 434. The molecule has 0 radical (unpaired) electrons. The van der Waals surface area contributed by atoms with E-state index < -0.39 is 0 Å². The highest BCUT2D eigenvalue weighted by Gasteiger charge is 2.36. The van der Waals surface area contributed by atoms with Gasteiger partial charge in [-0.2, -0.15) is 0 Å². The van der Waals surface area contributed by atoms with Gasteiger partial charge in [0, 0.05) is 37.8 Å². The lowest BCUT2D eigenvalue weighted by Gasteiger charge is -2.36. The van der Waals surface area contributed by atoms with Crippen LogP contribution in [0.4, 0.5) is 4.39 Å². The molecule has 0 spiro atoms. The number of hydrogen-bond donors (Lipinski definition) is 1. The third-order valence-electron chi connectivity index (χ3n) is 3.97.